The third-order valence-corrected chi connectivity index (χ3v) is 2.87. The Bertz CT molecular complexity index is 629. The van der Waals surface area contributed by atoms with Crippen LogP contribution >= 0.6 is 0 Å². The zero-order chi connectivity index (χ0) is 12.6. The number of nitrogen functional groups attached to an aromatic ring is 1. The van der Waals surface area contributed by atoms with Crippen molar-refractivity contribution < 1.29 is 0 Å². The maximum absolute atomic E-state index is 11.3. The fraction of sp³-hybridized carbons (Fsp3) is 0.231. The second-order valence-electron chi connectivity index (χ2n) is 4.22. The summed E-state index contributed by atoms with van der Waals surface area (Å²) in [5.74, 6) is 0.0221. The molecule has 88 valence electrons. The molecule has 0 bridgehead atoms. The molecule has 0 aliphatic rings. The van der Waals surface area contributed by atoms with Crippen LogP contribution in [0.4, 0.5) is 5.82 Å². The van der Waals surface area contributed by atoms with Gasteiger partial charge in [-0.2, -0.15) is 0 Å². The van der Waals surface area contributed by atoms with Gasteiger partial charge in [0.25, 0.3) is 0 Å². The molecule has 1 aromatic heterocycles. The van der Waals surface area contributed by atoms with Crippen molar-refractivity contribution >= 4 is 5.82 Å². The molecule has 0 radical (unpaired) electrons. The van der Waals surface area contributed by atoms with Crippen LogP contribution in [-0.2, 0) is 0 Å². The normalized spacial score (nSPS) is 10.5. The van der Waals surface area contributed by atoms with Gasteiger partial charge in [-0.25, -0.2) is 4.68 Å². The quantitative estimate of drug-likeness (QED) is 0.810. The van der Waals surface area contributed by atoms with Crippen LogP contribution in [0.1, 0.15) is 16.8 Å². The Morgan fingerprint density at radius 1 is 1.12 bits per heavy atom. The number of nitrogens with zero attached hydrogens (tertiary/aromatic N) is 2. The predicted molar refractivity (Wildman–Crippen MR) is 68.5 cm³/mol. The molecule has 4 nitrogen and oxygen atoms in total. The Morgan fingerprint density at radius 2 is 1.82 bits per heavy atom. The molecule has 0 aliphatic carbocycles. The van der Waals surface area contributed by atoms with Crippen LogP contribution in [0.15, 0.2) is 29.1 Å². The van der Waals surface area contributed by atoms with Crippen molar-refractivity contribution in [1.82, 2.24) is 9.78 Å². The fourth-order valence-corrected chi connectivity index (χ4v) is 1.68. The first kappa shape index (κ1) is 11.4. The summed E-state index contributed by atoms with van der Waals surface area (Å²) in [5.41, 5.74) is 9.41. The van der Waals surface area contributed by atoms with Gasteiger partial charge < -0.3 is 5.73 Å². The first-order valence-corrected chi connectivity index (χ1v) is 5.43. The van der Waals surface area contributed by atoms with Crippen LogP contribution in [-0.4, -0.2) is 9.78 Å². The highest BCUT2D eigenvalue weighted by atomic mass is 16.1. The average molecular weight is 229 g/mol. The van der Waals surface area contributed by atoms with Gasteiger partial charge in [0, 0.05) is 11.8 Å². The van der Waals surface area contributed by atoms with E-state index in [1.807, 2.05) is 32.0 Å². The highest BCUT2D eigenvalue weighted by Crippen LogP contribution is 2.14. The van der Waals surface area contributed by atoms with Gasteiger partial charge in [-0.1, -0.05) is 6.07 Å². The van der Waals surface area contributed by atoms with Gasteiger partial charge in [0.05, 0.1) is 5.69 Å². The molecular formula is C13H15N3O. The van der Waals surface area contributed by atoms with Crippen molar-refractivity contribution in [3.63, 3.8) is 0 Å². The van der Waals surface area contributed by atoms with Gasteiger partial charge in [0.15, 0.2) is 5.82 Å². The second kappa shape index (κ2) is 4.05. The van der Waals surface area contributed by atoms with Crippen LogP contribution in [0.5, 0.6) is 0 Å². The summed E-state index contributed by atoms with van der Waals surface area (Å²) in [5, 5.41) is 4.10. The van der Waals surface area contributed by atoms with E-state index in [2.05, 4.69) is 12.0 Å². The second-order valence-corrected chi connectivity index (χ2v) is 4.22. The zero-order valence-electron chi connectivity index (χ0n) is 10.2. The Morgan fingerprint density at radius 3 is 2.47 bits per heavy atom. The maximum atomic E-state index is 11.3. The third kappa shape index (κ3) is 2.06. The number of rotatable bonds is 1. The standard InChI is InChI=1S/C13H15N3O/c1-8-4-5-11(6-9(8)2)16-10(3)7-12(17)13(14)15-16/h4-7H,1-3H3,(H2,14,15). The number of hydrogen-bond acceptors (Lipinski definition) is 3. The average Bonchev–Trinajstić information content (AvgIpc) is 2.27. The molecule has 17 heavy (non-hydrogen) atoms. The molecule has 2 N–H and O–H groups in total. The number of aromatic nitrogens is 2. The fourth-order valence-electron chi connectivity index (χ4n) is 1.68. The largest absolute Gasteiger partial charge is 0.379 e. The van der Waals surface area contributed by atoms with E-state index in [4.69, 9.17) is 5.73 Å². The summed E-state index contributed by atoms with van der Waals surface area (Å²) in [4.78, 5) is 11.3. The molecule has 0 saturated carbocycles. The summed E-state index contributed by atoms with van der Waals surface area (Å²) in [6.45, 7) is 5.93. The minimum atomic E-state index is -0.234. The Hall–Kier alpha value is -2.10. The van der Waals surface area contributed by atoms with Gasteiger partial charge in [-0.15, -0.1) is 5.10 Å². The summed E-state index contributed by atoms with van der Waals surface area (Å²) in [6.07, 6.45) is 0. The molecule has 0 unspecified atom stereocenters. The first-order chi connectivity index (χ1) is 7.99. The molecule has 0 atom stereocenters. The lowest BCUT2D eigenvalue weighted by Crippen LogP contribution is -2.17. The lowest BCUT2D eigenvalue weighted by atomic mass is 10.1. The van der Waals surface area contributed by atoms with Gasteiger partial charge in [-0.3, -0.25) is 4.79 Å². The monoisotopic (exact) mass is 229 g/mol. The SMILES string of the molecule is Cc1ccc(-n2nc(N)c(=O)cc2C)cc1C. The van der Waals surface area contributed by atoms with Gasteiger partial charge in [0.1, 0.15) is 0 Å². The van der Waals surface area contributed by atoms with Crippen molar-refractivity contribution in [2.45, 2.75) is 20.8 Å². The molecule has 1 heterocycles. The minimum absolute atomic E-state index is 0.0221. The zero-order valence-corrected chi connectivity index (χ0v) is 10.2. The van der Waals surface area contributed by atoms with E-state index >= 15 is 0 Å². The number of nitrogens with two attached hydrogens (primary N) is 1. The van der Waals surface area contributed by atoms with Crippen LogP contribution in [0, 0.1) is 20.8 Å². The Kier molecular flexibility index (Phi) is 2.71. The molecular weight excluding hydrogens is 214 g/mol. The van der Waals surface area contributed by atoms with Crippen LogP contribution in [0.25, 0.3) is 5.69 Å². The topological polar surface area (TPSA) is 60.9 Å². The van der Waals surface area contributed by atoms with E-state index in [-0.39, 0.29) is 11.2 Å². The van der Waals surface area contributed by atoms with E-state index in [0.29, 0.717) is 0 Å². The highest BCUT2D eigenvalue weighted by molar-refractivity contribution is 5.41. The van der Waals surface area contributed by atoms with Crippen LogP contribution < -0.4 is 11.2 Å². The maximum Gasteiger partial charge on any atom is 0.224 e. The summed E-state index contributed by atoms with van der Waals surface area (Å²) < 4.78 is 1.68. The molecule has 1 aromatic carbocycles. The lowest BCUT2D eigenvalue weighted by molar-refractivity contribution is 0.806. The van der Waals surface area contributed by atoms with Gasteiger partial charge in [0.2, 0.25) is 5.43 Å². The molecule has 0 spiro atoms. The molecule has 0 amide bonds. The molecule has 0 fully saturated rings. The smallest absolute Gasteiger partial charge is 0.224 e. The minimum Gasteiger partial charge on any atom is -0.379 e. The van der Waals surface area contributed by atoms with Gasteiger partial charge >= 0.3 is 0 Å². The van der Waals surface area contributed by atoms with Crippen molar-refractivity contribution in [1.29, 1.82) is 0 Å². The molecule has 0 aliphatic heterocycles. The van der Waals surface area contributed by atoms with Crippen molar-refractivity contribution in [3.8, 4) is 5.69 Å². The third-order valence-electron chi connectivity index (χ3n) is 2.87. The van der Waals surface area contributed by atoms with Crippen molar-refractivity contribution in [2.75, 3.05) is 5.73 Å². The Balaban J connectivity index is 2.64. The summed E-state index contributed by atoms with van der Waals surface area (Å²) in [7, 11) is 0. The first-order valence-electron chi connectivity index (χ1n) is 5.43. The predicted octanol–water partition coefficient (Wildman–Crippen LogP) is 1.74. The van der Waals surface area contributed by atoms with E-state index in [1.54, 1.807) is 4.68 Å². The highest BCUT2D eigenvalue weighted by Gasteiger charge is 2.05. The van der Waals surface area contributed by atoms with E-state index in [9.17, 15) is 4.79 Å². The van der Waals surface area contributed by atoms with Crippen molar-refractivity contribution in [2.24, 2.45) is 0 Å². The number of benzene rings is 1. The number of anilines is 1. The number of hydrogen-bond donors (Lipinski definition) is 1. The number of aryl methyl sites for hydroxylation is 3. The molecule has 4 heteroatoms. The molecule has 2 rings (SSSR count). The van der Waals surface area contributed by atoms with Gasteiger partial charge in [-0.05, 0) is 44.0 Å². The van der Waals surface area contributed by atoms with Crippen molar-refractivity contribution in [3.05, 3.63) is 51.3 Å². The summed E-state index contributed by atoms with van der Waals surface area (Å²) >= 11 is 0. The summed E-state index contributed by atoms with van der Waals surface area (Å²) in [6, 6.07) is 7.52. The van der Waals surface area contributed by atoms with E-state index in [0.717, 1.165) is 11.4 Å². The van der Waals surface area contributed by atoms with Crippen LogP contribution in [0.3, 0.4) is 0 Å². The van der Waals surface area contributed by atoms with E-state index < -0.39 is 0 Å². The van der Waals surface area contributed by atoms with Crippen LogP contribution in [0.2, 0.25) is 0 Å². The molecule has 2 aromatic rings. The Labute approximate surface area is 99.7 Å². The lowest BCUT2D eigenvalue weighted by Gasteiger charge is -2.11. The molecule has 0 saturated heterocycles. The van der Waals surface area contributed by atoms with E-state index in [1.165, 1.54) is 17.2 Å².